The van der Waals surface area contributed by atoms with Gasteiger partial charge in [0.05, 0.1) is 0 Å². The minimum atomic E-state index is -0.422. The van der Waals surface area contributed by atoms with Crippen molar-refractivity contribution in [3.8, 4) is 5.75 Å². The van der Waals surface area contributed by atoms with Crippen LogP contribution in [0.5, 0.6) is 5.75 Å². The number of nitrogens with zero attached hydrogens (tertiary/aromatic N) is 1. The summed E-state index contributed by atoms with van der Waals surface area (Å²) in [6.45, 7) is 8.52. The van der Waals surface area contributed by atoms with Crippen molar-refractivity contribution in [1.29, 1.82) is 0 Å². The zero-order chi connectivity index (χ0) is 14.5. The molecule has 0 radical (unpaired) electrons. The molecule has 2 rings (SSSR count). The van der Waals surface area contributed by atoms with Gasteiger partial charge < -0.3 is 9.84 Å². The Morgan fingerprint density at radius 1 is 1.30 bits per heavy atom. The monoisotopic (exact) mass is 277 g/mol. The first-order valence-corrected chi connectivity index (χ1v) is 7.69. The number of β-amino-alcohol motifs (C(OH)–C–C–N with tert-alkyl or cyclic N) is 1. The summed E-state index contributed by atoms with van der Waals surface area (Å²) >= 11 is 0. The number of benzene rings is 1. The number of aliphatic hydroxyl groups is 1. The summed E-state index contributed by atoms with van der Waals surface area (Å²) < 4.78 is 5.83. The molecule has 1 aromatic carbocycles. The molecule has 1 saturated heterocycles. The van der Waals surface area contributed by atoms with Gasteiger partial charge in [0.25, 0.3) is 0 Å². The van der Waals surface area contributed by atoms with Crippen LogP contribution in [-0.4, -0.2) is 41.8 Å². The molecule has 1 N–H and O–H groups in total. The van der Waals surface area contributed by atoms with E-state index in [0.29, 0.717) is 19.2 Å². The molecule has 0 amide bonds. The number of likely N-dealkylation sites (tertiary alicyclic amines) is 1. The first kappa shape index (κ1) is 15.3. The Labute approximate surface area is 122 Å². The molecular formula is C17H27NO2. The second-order valence-corrected chi connectivity index (χ2v) is 6.03. The molecule has 112 valence electrons. The van der Waals surface area contributed by atoms with Gasteiger partial charge in [-0.2, -0.15) is 0 Å². The van der Waals surface area contributed by atoms with E-state index >= 15 is 0 Å². The normalized spacial score (nSPS) is 21.7. The molecule has 0 bridgehead atoms. The van der Waals surface area contributed by atoms with Crippen LogP contribution in [0.4, 0.5) is 0 Å². The minimum absolute atomic E-state index is 0.370. The van der Waals surface area contributed by atoms with E-state index in [0.717, 1.165) is 23.4 Å². The SMILES string of the molecule is Cc1cccc(C)c1OC[C@H](O)CN1CCCC[C@H]1C. The van der Waals surface area contributed by atoms with Gasteiger partial charge in [0.2, 0.25) is 0 Å². The average Bonchev–Trinajstić information content (AvgIpc) is 2.41. The molecule has 0 aromatic heterocycles. The van der Waals surface area contributed by atoms with Crippen molar-refractivity contribution >= 4 is 0 Å². The largest absolute Gasteiger partial charge is 0.490 e. The van der Waals surface area contributed by atoms with Crippen molar-refractivity contribution in [2.45, 2.75) is 52.2 Å². The Balaban J connectivity index is 1.84. The van der Waals surface area contributed by atoms with E-state index in [2.05, 4.69) is 11.8 Å². The first-order valence-electron chi connectivity index (χ1n) is 7.69. The van der Waals surface area contributed by atoms with Crippen LogP contribution in [0.25, 0.3) is 0 Å². The predicted molar refractivity (Wildman–Crippen MR) is 82.3 cm³/mol. The third-order valence-corrected chi connectivity index (χ3v) is 4.21. The maximum atomic E-state index is 10.2. The van der Waals surface area contributed by atoms with Crippen molar-refractivity contribution in [3.05, 3.63) is 29.3 Å². The molecule has 1 heterocycles. The number of rotatable bonds is 5. The van der Waals surface area contributed by atoms with Crippen LogP contribution in [0, 0.1) is 13.8 Å². The van der Waals surface area contributed by atoms with Crippen LogP contribution in [0.2, 0.25) is 0 Å². The fourth-order valence-electron chi connectivity index (χ4n) is 2.96. The van der Waals surface area contributed by atoms with Gasteiger partial charge in [-0.1, -0.05) is 24.6 Å². The Morgan fingerprint density at radius 2 is 2.00 bits per heavy atom. The van der Waals surface area contributed by atoms with E-state index in [4.69, 9.17) is 4.74 Å². The lowest BCUT2D eigenvalue weighted by Crippen LogP contribution is -2.43. The highest BCUT2D eigenvalue weighted by Crippen LogP contribution is 2.22. The topological polar surface area (TPSA) is 32.7 Å². The lowest BCUT2D eigenvalue weighted by Gasteiger charge is -2.34. The van der Waals surface area contributed by atoms with E-state index in [-0.39, 0.29) is 0 Å². The molecule has 2 atom stereocenters. The number of aliphatic hydroxyl groups excluding tert-OH is 1. The molecule has 0 aliphatic carbocycles. The van der Waals surface area contributed by atoms with Crippen LogP contribution in [0.15, 0.2) is 18.2 Å². The smallest absolute Gasteiger partial charge is 0.125 e. The Bertz CT molecular complexity index is 413. The van der Waals surface area contributed by atoms with Crippen molar-refractivity contribution in [2.24, 2.45) is 0 Å². The lowest BCUT2D eigenvalue weighted by atomic mass is 10.0. The molecule has 0 unspecified atom stereocenters. The molecular weight excluding hydrogens is 250 g/mol. The number of hydrogen-bond acceptors (Lipinski definition) is 3. The molecule has 3 nitrogen and oxygen atoms in total. The van der Waals surface area contributed by atoms with E-state index in [1.807, 2.05) is 32.0 Å². The maximum absolute atomic E-state index is 10.2. The summed E-state index contributed by atoms with van der Waals surface area (Å²) in [4.78, 5) is 2.38. The van der Waals surface area contributed by atoms with Gasteiger partial charge in [-0.3, -0.25) is 4.90 Å². The summed E-state index contributed by atoms with van der Waals surface area (Å²) in [6, 6.07) is 6.70. The maximum Gasteiger partial charge on any atom is 0.125 e. The van der Waals surface area contributed by atoms with Crippen molar-refractivity contribution < 1.29 is 9.84 Å². The van der Waals surface area contributed by atoms with Crippen molar-refractivity contribution in [2.75, 3.05) is 19.7 Å². The number of ether oxygens (including phenoxy) is 1. The van der Waals surface area contributed by atoms with Gasteiger partial charge in [-0.05, 0) is 51.3 Å². The third kappa shape index (κ3) is 3.97. The van der Waals surface area contributed by atoms with Gasteiger partial charge in [0.1, 0.15) is 18.5 Å². The standard InChI is InChI=1S/C17H27NO2/c1-13-7-6-8-14(2)17(13)20-12-16(19)11-18-10-5-4-9-15(18)3/h6-8,15-16,19H,4-5,9-12H2,1-3H3/t15-,16-/m1/s1. The summed E-state index contributed by atoms with van der Waals surface area (Å²) in [5.41, 5.74) is 2.26. The first-order chi connectivity index (χ1) is 9.58. The molecule has 1 aliphatic rings. The number of aryl methyl sites for hydroxylation is 2. The molecule has 1 fully saturated rings. The minimum Gasteiger partial charge on any atom is -0.490 e. The highest BCUT2D eigenvalue weighted by Gasteiger charge is 2.21. The number of para-hydroxylation sites is 1. The van der Waals surface area contributed by atoms with Gasteiger partial charge in [0, 0.05) is 12.6 Å². The average molecular weight is 277 g/mol. The quantitative estimate of drug-likeness (QED) is 0.898. The highest BCUT2D eigenvalue weighted by molar-refractivity contribution is 5.39. The molecule has 1 aliphatic heterocycles. The Morgan fingerprint density at radius 3 is 2.65 bits per heavy atom. The van der Waals surface area contributed by atoms with Gasteiger partial charge >= 0.3 is 0 Å². The van der Waals surface area contributed by atoms with Crippen molar-refractivity contribution in [1.82, 2.24) is 4.90 Å². The summed E-state index contributed by atoms with van der Waals surface area (Å²) in [6.07, 6.45) is 3.38. The second-order valence-electron chi connectivity index (χ2n) is 6.03. The van der Waals surface area contributed by atoms with Crippen LogP contribution in [0.3, 0.4) is 0 Å². The Kier molecular flexibility index (Phi) is 5.44. The molecule has 0 spiro atoms. The van der Waals surface area contributed by atoms with Crippen LogP contribution >= 0.6 is 0 Å². The summed E-state index contributed by atoms with van der Waals surface area (Å²) in [5.74, 6) is 0.915. The van der Waals surface area contributed by atoms with Crippen LogP contribution in [-0.2, 0) is 0 Å². The zero-order valence-electron chi connectivity index (χ0n) is 12.9. The third-order valence-electron chi connectivity index (χ3n) is 4.21. The van der Waals surface area contributed by atoms with Gasteiger partial charge in [0.15, 0.2) is 0 Å². The van der Waals surface area contributed by atoms with E-state index in [1.54, 1.807) is 0 Å². The Hall–Kier alpha value is -1.06. The van der Waals surface area contributed by atoms with Crippen LogP contribution < -0.4 is 4.74 Å². The fraction of sp³-hybridized carbons (Fsp3) is 0.647. The summed E-state index contributed by atoms with van der Waals surface area (Å²) in [5, 5.41) is 10.2. The lowest BCUT2D eigenvalue weighted by molar-refractivity contribution is 0.0434. The summed E-state index contributed by atoms with van der Waals surface area (Å²) in [7, 11) is 0. The highest BCUT2D eigenvalue weighted by atomic mass is 16.5. The molecule has 1 aromatic rings. The predicted octanol–water partition coefficient (Wildman–Crippen LogP) is 2.92. The fourth-order valence-corrected chi connectivity index (χ4v) is 2.96. The number of piperidine rings is 1. The number of hydrogen-bond donors (Lipinski definition) is 1. The van der Waals surface area contributed by atoms with Gasteiger partial charge in [-0.25, -0.2) is 0 Å². The molecule has 20 heavy (non-hydrogen) atoms. The second kappa shape index (κ2) is 7.09. The van der Waals surface area contributed by atoms with E-state index in [9.17, 15) is 5.11 Å². The van der Waals surface area contributed by atoms with Gasteiger partial charge in [-0.15, -0.1) is 0 Å². The van der Waals surface area contributed by atoms with E-state index < -0.39 is 6.10 Å². The van der Waals surface area contributed by atoms with Crippen molar-refractivity contribution in [3.63, 3.8) is 0 Å². The zero-order valence-corrected chi connectivity index (χ0v) is 12.9. The molecule has 3 heteroatoms. The van der Waals surface area contributed by atoms with Crippen LogP contribution in [0.1, 0.15) is 37.3 Å². The molecule has 0 saturated carbocycles. The van der Waals surface area contributed by atoms with E-state index in [1.165, 1.54) is 19.3 Å².